The Labute approximate surface area is 202 Å². The van der Waals surface area contributed by atoms with Crippen molar-refractivity contribution < 1.29 is 18.7 Å². The number of halogens is 4. The van der Waals surface area contributed by atoms with Crippen molar-refractivity contribution in [1.29, 1.82) is 0 Å². The minimum absolute atomic E-state index is 0.136. The molecule has 0 radical (unpaired) electrons. The average Bonchev–Trinajstić information content (AvgIpc) is 3.23. The van der Waals surface area contributed by atoms with Gasteiger partial charge in [0.15, 0.2) is 11.3 Å². The van der Waals surface area contributed by atoms with E-state index in [4.69, 9.17) is 55.6 Å². The fourth-order valence-corrected chi connectivity index (χ4v) is 3.90. The van der Waals surface area contributed by atoms with Gasteiger partial charge in [-0.2, -0.15) is 0 Å². The molecule has 32 heavy (non-hydrogen) atoms. The smallest absolute Gasteiger partial charge is 0.326 e. The van der Waals surface area contributed by atoms with Gasteiger partial charge in [-0.15, -0.1) is 0 Å². The molecule has 1 aromatic heterocycles. The second-order valence-corrected chi connectivity index (χ2v) is 8.10. The molecule has 0 unspecified atom stereocenters. The van der Waals surface area contributed by atoms with Gasteiger partial charge in [-0.05, 0) is 42.5 Å². The fraction of sp³-hybridized carbons (Fsp3) is 0. The van der Waals surface area contributed by atoms with Crippen molar-refractivity contribution in [3.8, 4) is 11.5 Å². The molecule has 0 atom stereocenters. The van der Waals surface area contributed by atoms with E-state index in [1.807, 2.05) is 0 Å². The number of ether oxygens (including phenoxy) is 1. The Morgan fingerprint density at radius 3 is 2.28 bits per heavy atom. The van der Waals surface area contributed by atoms with Crippen LogP contribution in [0.25, 0.3) is 11.0 Å². The molecule has 0 fully saturated rings. The summed E-state index contributed by atoms with van der Waals surface area (Å²) >= 11 is 24.7. The van der Waals surface area contributed by atoms with Gasteiger partial charge in [0.2, 0.25) is 0 Å². The number of benzene rings is 3. The minimum atomic E-state index is -0.784. The van der Waals surface area contributed by atoms with Gasteiger partial charge >= 0.3 is 6.03 Å². The number of carbonyl (C=O) groups is 2. The summed E-state index contributed by atoms with van der Waals surface area (Å²) in [5, 5.41) is 6.26. The van der Waals surface area contributed by atoms with Crippen molar-refractivity contribution in [1.82, 2.24) is 5.32 Å². The number of rotatable bonds is 4. The van der Waals surface area contributed by atoms with Gasteiger partial charge in [0.05, 0.1) is 37.3 Å². The van der Waals surface area contributed by atoms with E-state index in [0.29, 0.717) is 21.7 Å². The Morgan fingerprint density at radius 1 is 0.844 bits per heavy atom. The third kappa shape index (κ3) is 4.64. The van der Waals surface area contributed by atoms with Crippen LogP contribution in [0.4, 0.5) is 10.5 Å². The molecule has 2 N–H and O–H groups in total. The topological polar surface area (TPSA) is 80.6 Å². The normalized spacial score (nSPS) is 10.8. The largest absolute Gasteiger partial charge is 0.463 e. The van der Waals surface area contributed by atoms with E-state index >= 15 is 0 Å². The van der Waals surface area contributed by atoms with Crippen molar-refractivity contribution in [3.05, 3.63) is 86.5 Å². The van der Waals surface area contributed by atoms with Crippen LogP contribution in [-0.4, -0.2) is 11.9 Å². The molecular weight excluding hydrogens is 498 g/mol. The van der Waals surface area contributed by atoms with Crippen LogP contribution in [-0.2, 0) is 0 Å². The summed E-state index contributed by atoms with van der Waals surface area (Å²) in [6, 6.07) is 13.4. The first-order valence-corrected chi connectivity index (χ1v) is 10.5. The zero-order valence-corrected chi connectivity index (χ0v) is 18.9. The molecule has 0 spiro atoms. The molecule has 0 aliphatic heterocycles. The lowest BCUT2D eigenvalue weighted by Gasteiger charge is -2.13. The van der Waals surface area contributed by atoms with E-state index in [1.165, 1.54) is 24.5 Å². The number of nitrogens with one attached hydrogen (secondary N) is 2. The number of imide groups is 1. The highest BCUT2D eigenvalue weighted by atomic mass is 35.5. The van der Waals surface area contributed by atoms with Crippen molar-refractivity contribution in [2.24, 2.45) is 0 Å². The number of hydrogen-bond acceptors (Lipinski definition) is 4. The maximum absolute atomic E-state index is 12.2. The standard InChI is InChI=1S/C22H12Cl4N2O4/c23-14-4-2-1-3-12(14)21(29)28-22(30)27-11-9-16(25)20(17(26)10-11)32-18-6-5-15(24)19-13(18)7-8-31-19/h1-10H,(H2,27,28,29,30). The van der Waals surface area contributed by atoms with Crippen LogP contribution in [0.15, 0.2) is 65.3 Å². The number of hydrogen-bond donors (Lipinski definition) is 2. The average molecular weight is 510 g/mol. The molecule has 3 aromatic carbocycles. The molecule has 4 aromatic rings. The number of carbonyl (C=O) groups excluding carboxylic acids is 2. The first-order valence-electron chi connectivity index (χ1n) is 9.03. The van der Waals surface area contributed by atoms with Gasteiger partial charge in [-0.25, -0.2) is 4.79 Å². The highest BCUT2D eigenvalue weighted by molar-refractivity contribution is 6.38. The van der Waals surface area contributed by atoms with Gasteiger partial charge in [0, 0.05) is 5.69 Å². The lowest BCUT2D eigenvalue weighted by Crippen LogP contribution is -2.34. The molecule has 0 aliphatic carbocycles. The molecule has 0 saturated carbocycles. The Bertz CT molecular complexity index is 1330. The Balaban J connectivity index is 1.50. The number of anilines is 1. The second-order valence-electron chi connectivity index (χ2n) is 6.47. The van der Waals surface area contributed by atoms with Crippen LogP contribution in [0.5, 0.6) is 11.5 Å². The van der Waals surface area contributed by atoms with Gasteiger partial charge in [-0.3, -0.25) is 10.1 Å². The summed E-state index contributed by atoms with van der Waals surface area (Å²) < 4.78 is 11.2. The van der Waals surface area contributed by atoms with Gasteiger partial charge < -0.3 is 14.5 Å². The molecular formula is C22H12Cl4N2O4. The Kier molecular flexibility index (Phi) is 6.48. The summed E-state index contributed by atoms with van der Waals surface area (Å²) in [7, 11) is 0. The zero-order valence-electron chi connectivity index (χ0n) is 15.9. The maximum Gasteiger partial charge on any atom is 0.326 e. The van der Waals surface area contributed by atoms with Crippen LogP contribution in [0.3, 0.4) is 0 Å². The summed E-state index contributed by atoms with van der Waals surface area (Å²) in [4.78, 5) is 24.4. The van der Waals surface area contributed by atoms with Crippen LogP contribution in [0.2, 0.25) is 20.1 Å². The monoisotopic (exact) mass is 508 g/mol. The van der Waals surface area contributed by atoms with Crippen LogP contribution < -0.4 is 15.4 Å². The Hall–Kier alpha value is -2.90. The first-order chi connectivity index (χ1) is 15.3. The van der Waals surface area contributed by atoms with E-state index in [9.17, 15) is 9.59 Å². The van der Waals surface area contributed by atoms with Crippen molar-refractivity contribution in [2.45, 2.75) is 0 Å². The van der Waals surface area contributed by atoms with E-state index in [1.54, 1.807) is 36.4 Å². The Morgan fingerprint density at radius 2 is 1.56 bits per heavy atom. The van der Waals surface area contributed by atoms with E-state index in [0.717, 1.165) is 0 Å². The number of urea groups is 1. The van der Waals surface area contributed by atoms with Gasteiger partial charge in [-0.1, -0.05) is 58.5 Å². The van der Waals surface area contributed by atoms with Gasteiger partial charge in [0.25, 0.3) is 5.91 Å². The molecule has 4 rings (SSSR count). The highest BCUT2D eigenvalue weighted by Crippen LogP contribution is 2.42. The zero-order chi connectivity index (χ0) is 22.8. The molecule has 0 bridgehead atoms. The quantitative estimate of drug-likeness (QED) is 0.294. The van der Waals surface area contributed by atoms with Crippen LogP contribution >= 0.6 is 46.4 Å². The lowest BCUT2D eigenvalue weighted by atomic mass is 10.2. The lowest BCUT2D eigenvalue weighted by molar-refractivity contribution is 0.0967. The third-order valence-electron chi connectivity index (χ3n) is 4.34. The minimum Gasteiger partial charge on any atom is -0.463 e. The molecule has 162 valence electrons. The summed E-state index contributed by atoms with van der Waals surface area (Å²) in [5.74, 6) is -0.0425. The van der Waals surface area contributed by atoms with E-state index in [2.05, 4.69) is 10.6 Å². The van der Waals surface area contributed by atoms with Crippen LogP contribution in [0.1, 0.15) is 10.4 Å². The maximum atomic E-state index is 12.2. The number of furan rings is 1. The van der Waals surface area contributed by atoms with Gasteiger partial charge in [0.1, 0.15) is 5.75 Å². The summed E-state index contributed by atoms with van der Waals surface area (Å²) in [6.45, 7) is 0. The first kappa shape index (κ1) is 22.3. The second kappa shape index (κ2) is 9.30. The van der Waals surface area contributed by atoms with Crippen molar-refractivity contribution in [2.75, 3.05) is 5.32 Å². The number of fused-ring (bicyclic) bond motifs is 1. The van der Waals surface area contributed by atoms with Crippen molar-refractivity contribution in [3.63, 3.8) is 0 Å². The SMILES string of the molecule is O=C(NC(=O)c1ccccc1Cl)Nc1cc(Cl)c(Oc2ccc(Cl)c3occc23)c(Cl)c1. The van der Waals surface area contributed by atoms with Crippen LogP contribution in [0, 0.1) is 0 Å². The predicted molar refractivity (Wildman–Crippen MR) is 126 cm³/mol. The molecule has 0 aliphatic rings. The molecule has 3 amide bonds. The van der Waals surface area contributed by atoms with E-state index < -0.39 is 11.9 Å². The molecule has 1 heterocycles. The third-order valence-corrected chi connectivity index (χ3v) is 5.53. The predicted octanol–water partition coefficient (Wildman–Crippen LogP) is 7.80. The van der Waals surface area contributed by atoms with Crippen molar-refractivity contribution >= 4 is 75.0 Å². The number of amides is 3. The summed E-state index contributed by atoms with van der Waals surface area (Å²) in [5.41, 5.74) is 0.883. The molecule has 6 nitrogen and oxygen atoms in total. The summed E-state index contributed by atoms with van der Waals surface area (Å²) in [6.07, 6.45) is 1.49. The van der Waals surface area contributed by atoms with E-state index in [-0.39, 0.29) is 32.1 Å². The fourth-order valence-electron chi connectivity index (χ4n) is 2.91. The molecule has 10 heteroatoms. The highest BCUT2D eigenvalue weighted by Gasteiger charge is 2.17. The molecule has 0 saturated heterocycles.